The van der Waals surface area contributed by atoms with Gasteiger partial charge in [0.15, 0.2) is 0 Å². The van der Waals surface area contributed by atoms with Crippen molar-refractivity contribution in [1.29, 1.82) is 0 Å². The molecular formula is C16H17NO2S2. The van der Waals surface area contributed by atoms with E-state index in [4.69, 9.17) is 0 Å². The Kier molecular flexibility index (Phi) is 3.00. The Bertz CT molecular complexity index is 777. The number of hydrogen-bond acceptors (Lipinski definition) is 3. The highest BCUT2D eigenvalue weighted by atomic mass is 32.2. The van der Waals surface area contributed by atoms with Crippen molar-refractivity contribution in [2.75, 3.05) is 0 Å². The van der Waals surface area contributed by atoms with Crippen LogP contribution in [0.4, 0.5) is 0 Å². The molecule has 0 spiro atoms. The second kappa shape index (κ2) is 4.66. The summed E-state index contributed by atoms with van der Waals surface area (Å²) in [4.78, 5) is 1.79. The van der Waals surface area contributed by atoms with Gasteiger partial charge in [-0.15, -0.1) is 11.3 Å². The predicted octanol–water partition coefficient (Wildman–Crippen LogP) is 3.51. The lowest BCUT2D eigenvalue weighted by atomic mass is 10.0. The van der Waals surface area contributed by atoms with E-state index < -0.39 is 10.0 Å². The van der Waals surface area contributed by atoms with E-state index in [-0.39, 0.29) is 12.1 Å². The Hall–Kier alpha value is -1.17. The Labute approximate surface area is 129 Å². The van der Waals surface area contributed by atoms with Crippen molar-refractivity contribution in [2.45, 2.75) is 43.2 Å². The molecule has 1 aromatic heterocycles. The summed E-state index contributed by atoms with van der Waals surface area (Å²) in [7, 11) is -3.40. The summed E-state index contributed by atoms with van der Waals surface area (Å²) in [5.74, 6) is 0. The van der Waals surface area contributed by atoms with Crippen molar-refractivity contribution in [3.8, 4) is 0 Å². The molecule has 4 rings (SSSR count). The van der Waals surface area contributed by atoms with Crippen LogP contribution in [-0.2, 0) is 16.4 Å². The topological polar surface area (TPSA) is 37.4 Å². The molecule has 5 heteroatoms. The van der Waals surface area contributed by atoms with Gasteiger partial charge in [0.1, 0.15) is 0 Å². The Balaban J connectivity index is 1.79. The molecule has 2 atom stereocenters. The molecule has 3 heterocycles. The number of aryl methyl sites for hydroxylation is 1. The fourth-order valence-corrected chi connectivity index (χ4v) is 6.42. The van der Waals surface area contributed by atoms with E-state index in [0.29, 0.717) is 4.90 Å². The van der Waals surface area contributed by atoms with Crippen LogP contribution in [0.1, 0.15) is 34.9 Å². The van der Waals surface area contributed by atoms with Gasteiger partial charge < -0.3 is 0 Å². The van der Waals surface area contributed by atoms with Gasteiger partial charge in [-0.2, -0.15) is 4.31 Å². The second-order valence-electron chi connectivity index (χ2n) is 5.90. The molecule has 1 saturated heterocycles. The average molecular weight is 319 g/mol. The van der Waals surface area contributed by atoms with Gasteiger partial charge in [-0.25, -0.2) is 8.42 Å². The van der Waals surface area contributed by atoms with E-state index >= 15 is 0 Å². The van der Waals surface area contributed by atoms with Gasteiger partial charge in [0.25, 0.3) is 0 Å². The lowest BCUT2D eigenvalue weighted by Crippen LogP contribution is -2.41. The minimum atomic E-state index is -3.40. The summed E-state index contributed by atoms with van der Waals surface area (Å²) in [6.45, 7) is 1.97. The normalized spacial score (nSPS) is 25.0. The maximum absolute atomic E-state index is 13.0. The van der Waals surface area contributed by atoms with Gasteiger partial charge in [0.2, 0.25) is 10.0 Å². The van der Waals surface area contributed by atoms with Gasteiger partial charge in [-0.05, 0) is 55.3 Å². The van der Waals surface area contributed by atoms with Gasteiger partial charge in [-0.1, -0.05) is 17.7 Å². The van der Waals surface area contributed by atoms with Gasteiger partial charge in [0.05, 0.1) is 10.9 Å². The summed E-state index contributed by atoms with van der Waals surface area (Å²) in [5.41, 5.74) is 2.31. The Morgan fingerprint density at radius 1 is 1.14 bits per heavy atom. The molecule has 2 aliphatic rings. The maximum Gasteiger partial charge on any atom is 0.243 e. The summed E-state index contributed by atoms with van der Waals surface area (Å²) >= 11 is 1.76. The second-order valence-corrected chi connectivity index (χ2v) is 8.74. The molecule has 21 heavy (non-hydrogen) atoms. The van der Waals surface area contributed by atoms with E-state index in [1.165, 1.54) is 10.4 Å². The highest BCUT2D eigenvalue weighted by molar-refractivity contribution is 7.89. The quantitative estimate of drug-likeness (QED) is 0.849. The molecule has 0 N–H and O–H groups in total. The Morgan fingerprint density at radius 3 is 2.67 bits per heavy atom. The predicted molar refractivity (Wildman–Crippen MR) is 84.0 cm³/mol. The van der Waals surface area contributed by atoms with Gasteiger partial charge in [0, 0.05) is 10.9 Å². The molecule has 0 aliphatic carbocycles. The SMILES string of the molecule is Cc1ccc(S(=O)(=O)N2[C@H]3CC[C@@H]2c2ccsc2C3)cc1. The van der Waals surface area contributed by atoms with Crippen LogP contribution in [-0.4, -0.2) is 18.8 Å². The van der Waals surface area contributed by atoms with E-state index in [2.05, 4.69) is 11.4 Å². The van der Waals surface area contributed by atoms with Crippen molar-refractivity contribution in [3.05, 3.63) is 51.7 Å². The largest absolute Gasteiger partial charge is 0.243 e. The molecule has 110 valence electrons. The number of hydrogen-bond donors (Lipinski definition) is 0. The molecule has 0 unspecified atom stereocenters. The minimum absolute atomic E-state index is 0.0382. The zero-order chi connectivity index (χ0) is 14.6. The average Bonchev–Trinajstić information content (AvgIpc) is 3.05. The van der Waals surface area contributed by atoms with Crippen molar-refractivity contribution < 1.29 is 8.42 Å². The van der Waals surface area contributed by atoms with Crippen LogP contribution in [0.15, 0.2) is 40.6 Å². The first-order valence-electron chi connectivity index (χ1n) is 7.24. The third-order valence-corrected chi connectivity index (χ3v) is 7.53. The van der Waals surface area contributed by atoms with Crippen molar-refractivity contribution in [2.24, 2.45) is 0 Å². The Morgan fingerprint density at radius 2 is 1.90 bits per heavy atom. The van der Waals surface area contributed by atoms with E-state index in [9.17, 15) is 8.42 Å². The number of sulfonamides is 1. The van der Waals surface area contributed by atoms with E-state index in [0.717, 1.165) is 24.8 Å². The van der Waals surface area contributed by atoms with Crippen molar-refractivity contribution in [1.82, 2.24) is 4.31 Å². The highest BCUT2D eigenvalue weighted by Gasteiger charge is 2.47. The zero-order valence-corrected chi connectivity index (χ0v) is 13.5. The van der Waals surface area contributed by atoms with Gasteiger partial charge >= 0.3 is 0 Å². The molecule has 2 bridgehead atoms. The van der Waals surface area contributed by atoms with Gasteiger partial charge in [-0.3, -0.25) is 0 Å². The number of fused-ring (bicyclic) bond motifs is 4. The first-order valence-corrected chi connectivity index (χ1v) is 9.56. The number of thiophene rings is 1. The molecular weight excluding hydrogens is 302 g/mol. The molecule has 3 nitrogen and oxygen atoms in total. The molecule has 0 radical (unpaired) electrons. The van der Waals surface area contributed by atoms with Crippen LogP contribution < -0.4 is 0 Å². The first-order chi connectivity index (χ1) is 10.1. The number of benzene rings is 1. The van der Waals surface area contributed by atoms with Crippen LogP contribution >= 0.6 is 11.3 Å². The van der Waals surface area contributed by atoms with E-state index in [1.54, 1.807) is 27.8 Å². The first kappa shape index (κ1) is 13.5. The molecule has 1 aromatic carbocycles. The van der Waals surface area contributed by atoms with Crippen LogP contribution in [0.5, 0.6) is 0 Å². The third-order valence-electron chi connectivity index (χ3n) is 4.60. The maximum atomic E-state index is 13.0. The van der Waals surface area contributed by atoms with Crippen LogP contribution in [0.3, 0.4) is 0 Å². The number of nitrogens with zero attached hydrogens (tertiary/aromatic N) is 1. The molecule has 2 aromatic rings. The van der Waals surface area contributed by atoms with E-state index in [1.807, 2.05) is 19.1 Å². The smallest absolute Gasteiger partial charge is 0.207 e. The summed E-state index contributed by atoms with van der Waals surface area (Å²) < 4.78 is 27.8. The number of rotatable bonds is 2. The lowest BCUT2D eigenvalue weighted by molar-refractivity contribution is 0.307. The monoisotopic (exact) mass is 319 g/mol. The molecule has 1 fully saturated rings. The fraction of sp³-hybridized carbons (Fsp3) is 0.375. The molecule has 0 saturated carbocycles. The summed E-state index contributed by atoms with van der Waals surface area (Å²) in [5, 5.41) is 2.09. The standard InChI is InChI=1S/C16H17NO2S2/c1-11-2-5-13(6-3-11)21(18,19)17-12-4-7-15(17)14-8-9-20-16(14)10-12/h2-3,5-6,8-9,12,15H,4,7,10H2,1H3/t12-,15+/m0/s1. The fourth-order valence-electron chi connectivity index (χ4n) is 3.57. The van der Waals surface area contributed by atoms with Crippen LogP contribution in [0.2, 0.25) is 0 Å². The molecule has 0 amide bonds. The van der Waals surface area contributed by atoms with Crippen LogP contribution in [0, 0.1) is 6.92 Å². The van der Waals surface area contributed by atoms with Crippen molar-refractivity contribution >= 4 is 21.4 Å². The summed E-state index contributed by atoms with van der Waals surface area (Å²) in [6, 6.07) is 9.47. The zero-order valence-electron chi connectivity index (χ0n) is 11.8. The lowest BCUT2D eigenvalue weighted by Gasteiger charge is -2.33. The van der Waals surface area contributed by atoms with Crippen molar-refractivity contribution in [3.63, 3.8) is 0 Å². The minimum Gasteiger partial charge on any atom is -0.207 e. The third kappa shape index (κ3) is 1.99. The summed E-state index contributed by atoms with van der Waals surface area (Å²) in [6.07, 6.45) is 2.78. The van der Waals surface area contributed by atoms with Crippen LogP contribution in [0.25, 0.3) is 0 Å². The highest BCUT2D eigenvalue weighted by Crippen LogP contribution is 2.48. The molecule has 2 aliphatic heterocycles.